The zero-order valence-corrected chi connectivity index (χ0v) is 10.3. The Morgan fingerprint density at radius 2 is 2.00 bits per heavy atom. The van der Waals surface area contributed by atoms with E-state index < -0.39 is 0 Å². The highest BCUT2D eigenvalue weighted by Gasteiger charge is 2.09. The largest absolute Gasteiger partial charge is 0.491 e. The van der Waals surface area contributed by atoms with Gasteiger partial charge in [0.2, 0.25) is 0 Å². The molecule has 0 saturated carbocycles. The van der Waals surface area contributed by atoms with E-state index in [0.29, 0.717) is 18.2 Å². The van der Waals surface area contributed by atoms with Crippen molar-refractivity contribution in [1.29, 1.82) is 0 Å². The molecule has 1 aromatic rings. The molecule has 1 rings (SSSR count). The fourth-order valence-electron chi connectivity index (χ4n) is 1.24. The second-order valence-electron chi connectivity index (χ2n) is 3.56. The Morgan fingerprint density at radius 1 is 1.38 bits per heavy atom. The molecule has 5 heteroatoms. The van der Waals surface area contributed by atoms with Gasteiger partial charge in [0, 0.05) is 25.7 Å². The summed E-state index contributed by atoms with van der Waals surface area (Å²) >= 11 is 5.77. The van der Waals surface area contributed by atoms with Gasteiger partial charge in [-0.05, 0) is 24.3 Å². The van der Waals surface area contributed by atoms with Gasteiger partial charge in [-0.25, -0.2) is 5.01 Å². The van der Waals surface area contributed by atoms with E-state index in [9.17, 15) is 0 Å². The quantitative estimate of drug-likeness (QED) is 0.609. The van der Waals surface area contributed by atoms with Gasteiger partial charge in [-0.3, -0.25) is 5.84 Å². The third kappa shape index (κ3) is 4.81. The monoisotopic (exact) mass is 244 g/mol. The number of rotatable bonds is 6. The van der Waals surface area contributed by atoms with Crippen LogP contribution < -0.4 is 10.6 Å². The number of methoxy groups -OCH3 is 1. The maximum atomic E-state index is 5.77. The highest BCUT2D eigenvalue weighted by atomic mass is 35.5. The summed E-state index contributed by atoms with van der Waals surface area (Å²) in [5.41, 5.74) is 0. The Morgan fingerprint density at radius 3 is 2.50 bits per heavy atom. The maximum absolute atomic E-state index is 5.77. The Kier molecular flexibility index (Phi) is 5.55. The molecule has 4 nitrogen and oxygen atoms in total. The summed E-state index contributed by atoms with van der Waals surface area (Å²) in [6.07, 6.45) is -0.0503. The molecule has 0 amide bonds. The van der Waals surface area contributed by atoms with Crippen LogP contribution in [0.15, 0.2) is 24.3 Å². The lowest BCUT2D eigenvalue weighted by molar-refractivity contribution is 0.0350. The molecule has 1 aromatic carbocycles. The maximum Gasteiger partial charge on any atom is 0.119 e. The van der Waals surface area contributed by atoms with Crippen molar-refractivity contribution >= 4 is 11.6 Å². The van der Waals surface area contributed by atoms with Crippen LogP contribution in [0.1, 0.15) is 0 Å². The SMILES string of the molecule is COC(COc1ccc(Cl)cc1)CN(C)N. The summed E-state index contributed by atoms with van der Waals surface area (Å²) in [5, 5.41) is 2.26. The molecule has 0 aromatic heterocycles. The van der Waals surface area contributed by atoms with E-state index in [4.69, 9.17) is 26.9 Å². The molecular formula is C11H17ClN2O2. The molecule has 16 heavy (non-hydrogen) atoms. The number of nitrogens with two attached hydrogens (primary N) is 1. The third-order valence-electron chi connectivity index (χ3n) is 2.07. The highest BCUT2D eigenvalue weighted by molar-refractivity contribution is 6.30. The van der Waals surface area contributed by atoms with Crippen LogP contribution in [0.3, 0.4) is 0 Å². The lowest BCUT2D eigenvalue weighted by atomic mass is 10.3. The minimum atomic E-state index is -0.0503. The van der Waals surface area contributed by atoms with Crippen molar-refractivity contribution in [2.75, 3.05) is 27.3 Å². The van der Waals surface area contributed by atoms with Crippen LogP contribution in [-0.4, -0.2) is 38.4 Å². The van der Waals surface area contributed by atoms with E-state index in [1.807, 2.05) is 12.1 Å². The van der Waals surface area contributed by atoms with Gasteiger partial charge in [-0.1, -0.05) is 11.6 Å². The van der Waals surface area contributed by atoms with E-state index >= 15 is 0 Å². The van der Waals surface area contributed by atoms with Gasteiger partial charge in [-0.15, -0.1) is 0 Å². The first-order chi connectivity index (χ1) is 7.61. The number of benzene rings is 1. The molecule has 0 fully saturated rings. The standard InChI is InChI=1S/C11H17ClN2O2/c1-14(13)7-11(15-2)8-16-10-5-3-9(12)4-6-10/h3-6,11H,7-8,13H2,1-2H3. The number of halogens is 1. The number of likely N-dealkylation sites (N-methyl/N-ethyl adjacent to an activating group) is 1. The lowest BCUT2D eigenvalue weighted by Gasteiger charge is -2.19. The predicted octanol–water partition coefficient (Wildman–Crippen LogP) is 1.54. The van der Waals surface area contributed by atoms with Gasteiger partial charge in [0.05, 0.1) is 0 Å². The van der Waals surface area contributed by atoms with E-state index in [1.165, 1.54) is 0 Å². The van der Waals surface area contributed by atoms with Crippen LogP contribution >= 0.6 is 11.6 Å². The van der Waals surface area contributed by atoms with Crippen molar-refractivity contribution in [1.82, 2.24) is 5.01 Å². The molecule has 0 bridgehead atoms. The number of nitrogens with zero attached hydrogens (tertiary/aromatic N) is 1. The number of hydrogen-bond acceptors (Lipinski definition) is 4. The Balaban J connectivity index is 2.40. The summed E-state index contributed by atoms with van der Waals surface area (Å²) in [4.78, 5) is 0. The molecular weight excluding hydrogens is 228 g/mol. The molecule has 0 spiro atoms. The number of hydrazine groups is 1. The number of hydrogen-bond donors (Lipinski definition) is 1. The molecule has 1 unspecified atom stereocenters. The van der Waals surface area contributed by atoms with Crippen LogP contribution in [0.2, 0.25) is 5.02 Å². The van der Waals surface area contributed by atoms with Gasteiger partial charge in [0.1, 0.15) is 18.5 Å². The van der Waals surface area contributed by atoms with E-state index in [-0.39, 0.29) is 6.10 Å². The first-order valence-corrected chi connectivity index (χ1v) is 5.36. The average Bonchev–Trinajstić information content (AvgIpc) is 2.26. The molecule has 0 heterocycles. The molecule has 0 aliphatic heterocycles. The molecule has 90 valence electrons. The summed E-state index contributed by atoms with van der Waals surface area (Å²) in [6.45, 7) is 1.07. The first kappa shape index (κ1) is 13.3. The zero-order valence-electron chi connectivity index (χ0n) is 9.52. The average molecular weight is 245 g/mol. The lowest BCUT2D eigenvalue weighted by Crippen LogP contribution is -2.38. The van der Waals surface area contributed by atoms with Gasteiger partial charge >= 0.3 is 0 Å². The number of ether oxygens (including phenoxy) is 2. The third-order valence-corrected chi connectivity index (χ3v) is 2.33. The van der Waals surface area contributed by atoms with Crippen molar-refractivity contribution in [2.45, 2.75) is 6.10 Å². The van der Waals surface area contributed by atoms with Gasteiger partial charge in [-0.2, -0.15) is 0 Å². The zero-order chi connectivity index (χ0) is 12.0. The van der Waals surface area contributed by atoms with Crippen molar-refractivity contribution < 1.29 is 9.47 Å². The Labute approximate surface area is 101 Å². The predicted molar refractivity (Wildman–Crippen MR) is 64.6 cm³/mol. The normalized spacial score (nSPS) is 12.8. The fourth-order valence-corrected chi connectivity index (χ4v) is 1.36. The van der Waals surface area contributed by atoms with E-state index in [0.717, 1.165) is 5.75 Å². The second kappa shape index (κ2) is 6.70. The topological polar surface area (TPSA) is 47.7 Å². The smallest absolute Gasteiger partial charge is 0.119 e. The minimum Gasteiger partial charge on any atom is -0.491 e. The Hall–Kier alpha value is -0.810. The highest BCUT2D eigenvalue weighted by Crippen LogP contribution is 2.15. The van der Waals surface area contributed by atoms with Crippen molar-refractivity contribution in [3.63, 3.8) is 0 Å². The fraction of sp³-hybridized carbons (Fsp3) is 0.455. The van der Waals surface area contributed by atoms with E-state index in [2.05, 4.69) is 0 Å². The molecule has 0 saturated heterocycles. The summed E-state index contributed by atoms with van der Waals surface area (Å²) in [7, 11) is 3.42. The van der Waals surface area contributed by atoms with Crippen LogP contribution in [0.25, 0.3) is 0 Å². The molecule has 1 atom stereocenters. The minimum absolute atomic E-state index is 0.0503. The molecule has 2 N–H and O–H groups in total. The van der Waals surface area contributed by atoms with Gasteiger partial charge in [0.15, 0.2) is 0 Å². The molecule has 0 aliphatic rings. The molecule has 0 aliphatic carbocycles. The molecule has 0 radical (unpaired) electrons. The second-order valence-corrected chi connectivity index (χ2v) is 4.00. The summed E-state index contributed by atoms with van der Waals surface area (Å²) in [5.74, 6) is 6.31. The van der Waals surface area contributed by atoms with Gasteiger partial charge in [0.25, 0.3) is 0 Å². The van der Waals surface area contributed by atoms with Crippen LogP contribution in [0.4, 0.5) is 0 Å². The Bertz CT molecular complexity index is 303. The first-order valence-electron chi connectivity index (χ1n) is 4.99. The van der Waals surface area contributed by atoms with E-state index in [1.54, 1.807) is 31.3 Å². The van der Waals surface area contributed by atoms with Crippen LogP contribution in [0, 0.1) is 0 Å². The van der Waals surface area contributed by atoms with Crippen molar-refractivity contribution in [3.8, 4) is 5.75 Å². The van der Waals surface area contributed by atoms with Crippen molar-refractivity contribution in [2.24, 2.45) is 5.84 Å². The summed E-state index contributed by atoms with van der Waals surface area (Å²) in [6, 6.07) is 7.21. The van der Waals surface area contributed by atoms with Gasteiger partial charge < -0.3 is 9.47 Å². The summed E-state index contributed by atoms with van der Waals surface area (Å²) < 4.78 is 10.8. The van der Waals surface area contributed by atoms with Crippen LogP contribution in [0.5, 0.6) is 5.75 Å². The van der Waals surface area contributed by atoms with Crippen molar-refractivity contribution in [3.05, 3.63) is 29.3 Å². The van der Waals surface area contributed by atoms with Crippen LogP contribution in [-0.2, 0) is 4.74 Å².